The lowest BCUT2D eigenvalue weighted by Crippen LogP contribution is -1.92. The number of carbonyl (C=O) groups excluding carboxylic acids is 1. The van der Waals surface area contributed by atoms with Gasteiger partial charge in [-0.3, -0.25) is 4.79 Å². The van der Waals surface area contributed by atoms with E-state index < -0.39 is 0 Å². The number of aromatic nitrogens is 2. The molecule has 2 aromatic rings. The van der Waals surface area contributed by atoms with Gasteiger partial charge in [0.25, 0.3) is 0 Å². The van der Waals surface area contributed by atoms with E-state index in [2.05, 4.69) is 33.2 Å². The van der Waals surface area contributed by atoms with Crippen LogP contribution in [-0.2, 0) is 0 Å². The summed E-state index contributed by atoms with van der Waals surface area (Å²) in [5, 5.41) is 4.15. The van der Waals surface area contributed by atoms with Gasteiger partial charge in [0.1, 0.15) is 10.3 Å². The Morgan fingerprint density at radius 1 is 1.40 bits per heavy atom. The molecule has 3 nitrogen and oxygen atoms in total. The first-order valence-electron chi connectivity index (χ1n) is 4.92. The second-order valence-corrected chi connectivity index (χ2v) is 4.72. The van der Waals surface area contributed by atoms with Crippen LogP contribution in [0.1, 0.15) is 34.8 Å². The van der Waals surface area contributed by atoms with E-state index in [1.807, 2.05) is 6.07 Å². The number of nitrogens with zero attached hydrogens (tertiary/aromatic N) is 2. The minimum Gasteiger partial charge on any atom is -0.296 e. The lowest BCUT2D eigenvalue weighted by atomic mass is 10.1. The maximum Gasteiger partial charge on any atom is 0.170 e. The molecule has 0 amide bonds. The zero-order chi connectivity index (χ0) is 10.4. The molecule has 1 fully saturated rings. The summed E-state index contributed by atoms with van der Waals surface area (Å²) in [6.45, 7) is 0. The van der Waals surface area contributed by atoms with Crippen LogP contribution >= 0.6 is 15.9 Å². The Hall–Kier alpha value is -1.16. The topological polar surface area (TPSA) is 34.4 Å². The first-order valence-corrected chi connectivity index (χ1v) is 5.71. The van der Waals surface area contributed by atoms with Crippen molar-refractivity contribution in [3.63, 3.8) is 0 Å². The third kappa shape index (κ3) is 1.49. The fraction of sp³-hybridized carbons (Fsp3) is 0.273. The monoisotopic (exact) mass is 264 g/mol. The molecule has 0 aliphatic heterocycles. The van der Waals surface area contributed by atoms with E-state index in [1.165, 1.54) is 18.4 Å². The first-order chi connectivity index (χ1) is 7.28. The number of aldehydes is 1. The van der Waals surface area contributed by atoms with Crippen molar-refractivity contribution in [1.82, 2.24) is 9.61 Å². The number of carbonyl (C=O) groups is 1. The summed E-state index contributed by atoms with van der Waals surface area (Å²) in [5.41, 5.74) is 2.80. The molecule has 2 aromatic heterocycles. The molecule has 0 spiro atoms. The van der Waals surface area contributed by atoms with E-state index >= 15 is 0 Å². The lowest BCUT2D eigenvalue weighted by Gasteiger charge is -2.01. The lowest BCUT2D eigenvalue weighted by molar-refractivity contribution is 0.111. The summed E-state index contributed by atoms with van der Waals surface area (Å²) >= 11 is 3.47. The zero-order valence-corrected chi connectivity index (χ0v) is 9.57. The molecule has 4 heteroatoms. The van der Waals surface area contributed by atoms with Gasteiger partial charge in [0.05, 0.1) is 5.52 Å². The van der Waals surface area contributed by atoms with Crippen LogP contribution in [0.4, 0.5) is 0 Å². The summed E-state index contributed by atoms with van der Waals surface area (Å²) < 4.78 is 2.66. The Morgan fingerprint density at radius 3 is 2.87 bits per heavy atom. The Labute approximate surface area is 95.2 Å². The highest BCUT2D eigenvalue weighted by atomic mass is 79.9. The predicted molar refractivity (Wildman–Crippen MR) is 60.3 cm³/mol. The normalized spacial score (nSPS) is 15.8. The maximum absolute atomic E-state index is 10.6. The number of halogens is 1. The van der Waals surface area contributed by atoms with E-state index in [0.29, 0.717) is 11.6 Å². The Balaban J connectivity index is 2.24. The van der Waals surface area contributed by atoms with Gasteiger partial charge in [-0.2, -0.15) is 5.10 Å². The molecule has 3 rings (SSSR count). The van der Waals surface area contributed by atoms with Crippen molar-refractivity contribution in [3.8, 4) is 0 Å². The predicted octanol–water partition coefficient (Wildman–Crippen LogP) is 2.79. The minimum absolute atomic E-state index is 0.476. The van der Waals surface area contributed by atoms with Crippen LogP contribution in [0.3, 0.4) is 0 Å². The highest BCUT2D eigenvalue weighted by Gasteiger charge is 2.24. The van der Waals surface area contributed by atoms with Crippen molar-refractivity contribution in [1.29, 1.82) is 0 Å². The molecular formula is C11H9BrN2O. The Morgan fingerprint density at radius 2 is 2.20 bits per heavy atom. The van der Waals surface area contributed by atoms with Gasteiger partial charge < -0.3 is 0 Å². The zero-order valence-electron chi connectivity index (χ0n) is 7.98. The molecule has 1 aliphatic carbocycles. The van der Waals surface area contributed by atoms with Crippen LogP contribution < -0.4 is 0 Å². The quantitative estimate of drug-likeness (QED) is 0.618. The van der Waals surface area contributed by atoms with Crippen LogP contribution in [0.5, 0.6) is 0 Å². The Kier molecular flexibility index (Phi) is 1.92. The fourth-order valence-electron chi connectivity index (χ4n) is 1.81. The molecule has 0 atom stereocenters. The van der Waals surface area contributed by atoms with Crippen molar-refractivity contribution in [3.05, 3.63) is 34.1 Å². The minimum atomic E-state index is 0.476. The number of hydrogen-bond donors (Lipinski definition) is 0. The van der Waals surface area contributed by atoms with Crippen molar-refractivity contribution >= 4 is 27.7 Å². The molecule has 1 saturated carbocycles. The molecule has 76 valence electrons. The van der Waals surface area contributed by atoms with Gasteiger partial charge in [0.15, 0.2) is 6.29 Å². The molecule has 0 bridgehead atoms. The number of rotatable bonds is 2. The van der Waals surface area contributed by atoms with Gasteiger partial charge >= 0.3 is 0 Å². The third-order valence-corrected chi connectivity index (χ3v) is 3.29. The molecule has 15 heavy (non-hydrogen) atoms. The van der Waals surface area contributed by atoms with E-state index in [-0.39, 0.29) is 0 Å². The summed E-state index contributed by atoms with van der Waals surface area (Å²) in [4.78, 5) is 10.6. The van der Waals surface area contributed by atoms with Crippen molar-refractivity contribution < 1.29 is 4.79 Å². The summed E-state index contributed by atoms with van der Waals surface area (Å²) in [5.74, 6) is 0.709. The van der Waals surface area contributed by atoms with E-state index in [0.717, 1.165) is 16.4 Å². The highest BCUT2D eigenvalue weighted by molar-refractivity contribution is 9.10. The number of fused-ring (bicyclic) bond motifs is 1. The largest absolute Gasteiger partial charge is 0.296 e. The first kappa shape index (κ1) is 9.09. The second kappa shape index (κ2) is 3.17. The van der Waals surface area contributed by atoms with Gasteiger partial charge in [0.2, 0.25) is 0 Å². The van der Waals surface area contributed by atoms with Crippen LogP contribution in [0.2, 0.25) is 0 Å². The number of hydrogen-bond acceptors (Lipinski definition) is 2. The van der Waals surface area contributed by atoms with E-state index in [4.69, 9.17) is 0 Å². The van der Waals surface area contributed by atoms with Crippen LogP contribution in [0.15, 0.2) is 22.8 Å². The smallest absolute Gasteiger partial charge is 0.170 e. The third-order valence-electron chi connectivity index (χ3n) is 2.73. The van der Waals surface area contributed by atoms with Crippen molar-refractivity contribution in [2.45, 2.75) is 18.8 Å². The molecule has 0 N–H and O–H groups in total. The van der Waals surface area contributed by atoms with Crippen LogP contribution in [-0.4, -0.2) is 15.9 Å². The summed E-state index contributed by atoms with van der Waals surface area (Å²) in [6, 6.07) is 6.01. The number of pyridine rings is 1. The molecule has 2 heterocycles. The molecule has 0 saturated heterocycles. The SMILES string of the molecule is O=Cc1cc2cc(C3CC3)cc(Br)n2n1. The van der Waals surface area contributed by atoms with E-state index in [9.17, 15) is 4.79 Å². The maximum atomic E-state index is 10.6. The molecular weight excluding hydrogens is 256 g/mol. The van der Waals surface area contributed by atoms with E-state index in [1.54, 1.807) is 4.52 Å². The highest BCUT2D eigenvalue weighted by Crippen LogP contribution is 2.41. The average molecular weight is 265 g/mol. The van der Waals surface area contributed by atoms with Gasteiger partial charge in [-0.15, -0.1) is 0 Å². The molecule has 1 aliphatic rings. The average Bonchev–Trinajstić information content (AvgIpc) is 2.98. The molecule has 0 aromatic carbocycles. The standard InChI is InChI=1S/C11H9BrN2O/c12-11-4-8(7-1-2-7)3-10-5-9(6-15)13-14(10)11/h3-7H,1-2H2. The fourth-order valence-corrected chi connectivity index (χ4v) is 2.36. The summed E-state index contributed by atoms with van der Waals surface area (Å²) in [6.07, 6.45) is 3.32. The van der Waals surface area contributed by atoms with Crippen molar-refractivity contribution in [2.24, 2.45) is 0 Å². The van der Waals surface area contributed by atoms with Crippen LogP contribution in [0, 0.1) is 0 Å². The van der Waals surface area contributed by atoms with Gasteiger partial charge in [-0.05, 0) is 58.5 Å². The van der Waals surface area contributed by atoms with Gasteiger partial charge in [-0.25, -0.2) is 4.52 Å². The van der Waals surface area contributed by atoms with Gasteiger partial charge in [0, 0.05) is 0 Å². The summed E-state index contributed by atoms with van der Waals surface area (Å²) in [7, 11) is 0. The van der Waals surface area contributed by atoms with Gasteiger partial charge in [-0.1, -0.05) is 0 Å². The van der Waals surface area contributed by atoms with Crippen molar-refractivity contribution in [2.75, 3.05) is 0 Å². The Bertz CT molecular complexity index is 543. The molecule has 0 unspecified atom stereocenters. The van der Waals surface area contributed by atoms with Crippen LogP contribution in [0.25, 0.3) is 5.52 Å². The second-order valence-electron chi connectivity index (χ2n) is 3.91. The molecule has 0 radical (unpaired) electrons.